The minimum atomic E-state index is -3.41. The van der Waals surface area contributed by atoms with Gasteiger partial charge in [0.25, 0.3) is 0 Å². The zero-order chi connectivity index (χ0) is 16.9. The van der Waals surface area contributed by atoms with Crippen molar-refractivity contribution in [1.29, 1.82) is 0 Å². The number of likely N-dealkylation sites (N-methyl/N-ethyl adjacent to an activating group) is 1. The number of nitrogens with zero attached hydrogens (tertiary/aromatic N) is 1. The molecule has 0 radical (unpaired) electrons. The van der Waals surface area contributed by atoms with Crippen LogP contribution in [-0.4, -0.2) is 49.1 Å². The molecule has 0 saturated heterocycles. The first kappa shape index (κ1) is 18.1. The zero-order valence-electron chi connectivity index (χ0n) is 12.7. The summed E-state index contributed by atoms with van der Waals surface area (Å²) in [5.74, 6) is -2.09. The third-order valence-corrected chi connectivity index (χ3v) is 5.08. The summed E-state index contributed by atoms with van der Waals surface area (Å²) in [6.07, 6.45) is 0. The highest BCUT2D eigenvalue weighted by atomic mass is 32.2. The van der Waals surface area contributed by atoms with Crippen molar-refractivity contribution in [2.75, 3.05) is 24.7 Å². The lowest BCUT2D eigenvalue weighted by Gasteiger charge is -2.15. The lowest BCUT2D eigenvalue weighted by atomic mass is 10.0. The summed E-state index contributed by atoms with van der Waals surface area (Å²) in [6.45, 7) is 2.80. The Hall–Kier alpha value is -1.93. The third-order valence-electron chi connectivity index (χ3n) is 3.27. The first-order valence-electron chi connectivity index (χ1n) is 6.74. The highest BCUT2D eigenvalue weighted by molar-refractivity contribution is 7.89. The number of amides is 1. The molecule has 0 bridgehead atoms. The van der Waals surface area contributed by atoms with Gasteiger partial charge in [-0.25, -0.2) is 8.42 Å². The number of carbonyl (C=O) groups excluding carboxylic acids is 1. The van der Waals surface area contributed by atoms with E-state index in [2.05, 4.69) is 5.32 Å². The lowest BCUT2D eigenvalue weighted by Crippen LogP contribution is -2.35. The van der Waals surface area contributed by atoms with E-state index < -0.39 is 27.8 Å². The third kappa shape index (κ3) is 4.81. The van der Waals surface area contributed by atoms with Crippen LogP contribution in [0.25, 0.3) is 0 Å². The number of hydrogen-bond acceptors (Lipinski definition) is 4. The minimum absolute atomic E-state index is 0.0709. The van der Waals surface area contributed by atoms with Crippen LogP contribution in [0.1, 0.15) is 25.3 Å². The molecule has 0 saturated carbocycles. The van der Waals surface area contributed by atoms with Crippen LogP contribution in [0, 0.1) is 0 Å². The summed E-state index contributed by atoms with van der Waals surface area (Å²) in [6, 6.07) is 6.39. The van der Waals surface area contributed by atoms with Crippen LogP contribution >= 0.6 is 0 Å². The molecule has 0 aliphatic heterocycles. The maximum atomic E-state index is 11.8. The molecule has 2 N–H and O–H groups in total. The summed E-state index contributed by atoms with van der Waals surface area (Å²) in [5.41, 5.74) is 1.10. The van der Waals surface area contributed by atoms with Crippen molar-refractivity contribution < 1.29 is 23.1 Å². The van der Waals surface area contributed by atoms with Crippen LogP contribution in [0.5, 0.6) is 0 Å². The Kier molecular flexibility index (Phi) is 6.07. The number of anilines is 1. The van der Waals surface area contributed by atoms with Gasteiger partial charge in [-0.3, -0.25) is 9.59 Å². The Labute approximate surface area is 130 Å². The molecule has 0 heterocycles. The average Bonchev–Trinajstić information content (AvgIpc) is 2.46. The number of carboxylic acid groups (broad SMARTS) is 1. The largest absolute Gasteiger partial charge is 0.481 e. The average molecular weight is 328 g/mol. The molecule has 0 spiro atoms. The van der Waals surface area contributed by atoms with E-state index in [-0.39, 0.29) is 12.3 Å². The number of benzene rings is 1. The lowest BCUT2D eigenvalue weighted by molar-refractivity contribution is -0.138. The van der Waals surface area contributed by atoms with E-state index in [1.54, 1.807) is 31.2 Å². The molecule has 0 aliphatic carbocycles. The first-order valence-corrected chi connectivity index (χ1v) is 8.35. The fourth-order valence-electron chi connectivity index (χ4n) is 1.72. The van der Waals surface area contributed by atoms with Crippen LogP contribution < -0.4 is 5.32 Å². The molecule has 1 rings (SSSR count). The summed E-state index contributed by atoms with van der Waals surface area (Å²) in [4.78, 5) is 22.7. The van der Waals surface area contributed by atoms with Crippen molar-refractivity contribution in [1.82, 2.24) is 4.31 Å². The maximum Gasteiger partial charge on any atom is 0.310 e. The van der Waals surface area contributed by atoms with Crippen LogP contribution in [0.15, 0.2) is 24.3 Å². The number of nitrogens with one attached hydrogen (secondary N) is 1. The maximum absolute atomic E-state index is 11.8. The summed E-state index contributed by atoms with van der Waals surface area (Å²) >= 11 is 0. The normalized spacial score (nSPS) is 12.9. The molecular formula is C14H20N2O5S. The Morgan fingerprint density at radius 1 is 1.27 bits per heavy atom. The van der Waals surface area contributed by atoms with Gasteiger partial charge in [0.15, 0.2) is 0 Å². The molecule has 122 valence electrons. The molecule has 1 unspecified atom stereocenters. The second-order valence-electron chi connectivity index (χ2n) is 4.89. The van der Waals surface area contributed by atoms with Gasteiger partial charge in [-0.05, 0) is 31.5 Å². The van der Waals surface area contributed by atoms with Gasteiger partial charge in [0, 0.05) is 12.7 Å². The van der Waals surface area contributed by atoms with E-state index in [4.69, 9.17) is 5.11 Å². The van der Waals surface area contributed by atoms with E-state index in [0.717, 1.165) is 4.31 Å². The van der Waals surface area contributed by atoms with Crippen molar-refractivity contribution in [3.05, 3.63) is 29.8 Å². The Morgan fingerprint density at radius 2 is 1.82 bits per heavy atom. The molecule has 1 atom stereocenters. The van der Waals surface area contributed by atoms with Gasteiger partial charge in [0.2, 0.25) is 15.9 Å². The quantitative estimate of drug-likeness (QED) is 0.780. The fraction of sp³-hybridized carbons (Fsp3) is 0.429. The van der Waals surface area contributed by atoms with E-state index >= 15 is 0 Å². The molecule has 0 aromatic heterocycles. The van der Waals surface area contributed by atoms with Crippen molar-refractivity contribution in [3.8, 4) is 0 Å². The second-order valence-corrected chi connectivity index (χ2v) is 7.25. The molecule has 0 fully saturated rings. The molecule has 22 heavy (non-hydrogen) atoms. The SMILES string of the molecule is CCS(=O)(=O)N(C)CC(=O)Nc1ccc(C(C)C(=O)O)cc1. The van der Waals surface area contributed by atoms with Crippen LogP contribution in [0.2, 0.25) is 0 Å². The molecule has 1 aromatic rings. The van der Waals surface area contributed by atoms with Gasteiger partial charge in [-0.1, -0.05) is 12.1 Å². The van der Waals surface area contributed by atoms with Crippen molar-refractivity contribution >= 4 is 27.6 Å². The van der Waals surface area contributed by atoms with Gasteiger partial charge in [0.1, 0.15) is 0 Å². The number of carbonyl (C=O) groups is 2. The van der Waals surface area contributed by atoms with Crippen LogP contribution in [0.4, 0.5) is 5.69 Å². The van der Waals surface area contributed by atoms with Gasteiger partial charge < -0.3 is 10.4 Å². The van der Waals surface area contributed by atoms with E-state index in [9.17, 15) is 18.0 Å². The predicted octanol–water partition coefficient (Wildman–Crippen LogP) is 1.09. The van der Waals surface area contributed by atoms with Crippen LogP contribution in [0.3, 0.4) is 0 Å². The first-order chi connectivity index (χ1) is 10.2. The fourth-order valence-corrected chi connectivity index (χ4v) is 2.47. The zero-order valence-corrected chi connectivity index (χ0v) is 13.6. The van der Waals surface area contributed by atoms with Crippen LogP contribution in [-0.2, 0) is 19.6 Å². The smallest absolute Gasteiger partial charge is 0.310 e. The predicted molar refractivity (Wildman–Crippen MR) is 83.2 cm³/mol. The molecule has 1 aromatic carbocycles. The van der Waals surface area contributed by atoms with E-state index in [1.165, 1.54) is 14.0 Å². The summed E-state index contributed by atoms with van der Waals surface area (Å²) < 4.78 is 24.1. The Bertz CT molecular complexity index is 640. The van der Waals surface area contributed by atoms with Gasteiger partial charge in [-0.15, -0.1) is 0 Å². The van der Waals surface area contributed by atoms with Crippen molar-refractivity contribution in [2.45, 2.75) is 19.8 Å². The number of hydrogen-bond donors (Lipinski definition) is 2. The molecule has 7 nitrogen and oxygen atoms in total. The molecule has 8 heteroatoms. The van der Waals surface area contributed by atoms with Crippen molar-refractivity contribution in [2.24, 2.45) is 0 Å². The highest BCUT2D eigenvalue weighted by Gasteiger charge is 2.18. The second kappa shape index (κ2) is 7.37. The summed E-state index contributed by atoms with van der Waals surface area (Å²) in [7, 11) is -2.06. The van der Waals surface area contributed by atoms with Gasteiger partial charge >= 0.3 is 5.97 Å². The Morgan fingerprint density at radius 3 is 2.27 bits per heavy atom. The Balaban J connectivity index is 2.68. The monoisotopic (exact) mass is 328 g/mol. The standard InChI is InChI=1S/C14H20N2O5S/c1-4-22(20,21)16(3)9-13(17)15-12-7-5-11(6-8-12)10(2)14(18)19/h5-8,10H,4,9H2,1-3H3,(H,15,17)(H,18,19). The minimum Gasteiger partial charge on any atom is -0.481 e. The topological polar surface area (TPSA) is 104 Å². The highest BCUT2D eigenvalue weighted by Crippen LogP contribution is 2.18. The van der Waals surface area contributed by atoms with E-state index in [1.807, 2.05) is 0 Å². The number of sulfonamides is 1. The molecule has 1 amide bonds. The number of carboxylic acids is 1. The van der Waals surface area contributed by atoms with E-state index in [0.29, 0.717) is 11.3 Å². The van der Waals surface area contributed by atoms with Gasteiger partial charge in [0.05, 0.1) is 18.2 Å². The van der Waals surface area contributed by atoms with Crippen molar-refractivity contribution in [3.63, 3.8) is 0 Å². The van der Waals surface area contributed by atoms with Gasteiger partial charge in [-0.2, -0.15) is 4.31 Å². The summed E-state index contributed by atoms with van der Waals surface area (Å²) in [5, 5.41) is 11.5. The molecule has 0 aliphatic rings. The number of aliphatic carboxylic acids is 1. The molecular weight excluding hydrogens is 308 g/mol. The number of rotatable bonds is 7.